The lowest BCUT2D eigenvalue weighted by Gasteiger charge is -2.23. The van der Waals surface area contributed by atoms with Gasteiger partial charge in [-0.3, -0.25) is 14.4 Å². The minimum atomic E-state index is -0.984. The summed E-state index contributed by atoms with van der Waals surface area (Å²) in [5, 5.41) is 11.4. The Labute approximate surface area is 136 Å². The van der Waals surface area contributed by atoms with Crippen molar-refractivity contribution >= 4 is 35.2 Å². The van der Waals surface area contributed by atoms with Gasteiger partial charge in [0.05, 0.1) is 23.4 Å². The lowest BCUT2D eigenvalue weighted by Crippen LogP contribution is -2.45. The van der Waals surface area contributed by atoms with E-state index in [9.17, 15) is 18.8 Å². The summed E-state index contributed by atoms with van der Waals surface area (Å²) in [6.07, 6.45) is 0.316. The number of carbonyl (C=O) groups is 3. The lowest BCUT2D eigenvalue weighted by molar-refractivity contribution is -0.142. The third-order valence-electron chi connectivity index (χ3n) is 4.02. The molecule has 3 rings (SSSR count). The summed E-state index contributed by atoms with van der Waals surface area (Å²) in [7, 11) is 0. The van der Waals surface area contributed by atoms with E-state index in [2.05, 4.69) is 5.32 Å². The largest absolute Gasteiger partial charge is 0.481 e. The van der Waals surface area contributed by atoms with Crippen LogP contribution in [0.15, 0.2) is 24.3 Å². The van der Waals surface area contributed by atoms with E-state index in [0.29, 0.717) is 18.1 Å². The molecule has 1 aromatic carbocycles. The molecule has 8 heteroatoms. The molecule has 0 radical (unpaired) electrons. The quantitative estimate of drug-likeness (QED) is 0.866. The standard InChI is InChI=1S/C15H15FN2O4S/c16-10-3-1-2-4-11(10)17-13(19)12-6-23-7-18(12)14(20)8-5-9(8)15(21)22/h1-4,8-9,12H,5-7H2,(H,17,19)(H,21,22). The maximum absolute atomic E-state index is 13.6. The number of hydrogen-bond acceptors (Lipinski definition) is 4. The van der Waals surface area contributed by atoms with Crippen molar-refractivity contribution in [3.63, 3.8) is 0 Å². The van der Waals surface area contributed by atoms with Crippen molar-refractivity contribution in [2.75, 3.05) is 16.9 Å². The zero-order chi connectivity index (χ0) is 16.6. The van der Waals surface area contributed by atoms with Crippen LogP contribution in [0.3, 0.4) is 0 Å². The highest BCUT2D eigenvalue weighted by atomic mass is 32.2. The molecule has 2 N–H and O–H groups in total. The van der Waals surface area contributed by atoms with E-state index < -0.39 is 35.6 Å². The first-order chi connectivity index (χ1) is 11.0. The van der Waals surface area contributed by atoms with Crippen LogP contribution >= 0.6 is 11.8 Å². The second kappa shape index (κ2) is 6.19. The van der Waals surface area contributed by atoms with Gasteiger partial charge in [-0.05, 0) is 18.6 Å². The SMILES string of the molecule is O=C(O)C1CC1C(=O)N1CSCC1C(=O)Nc1ccccc1F. The Hall–Kier alpha value is -2.09. The molecule has 122 valence electrons. The van der Waals surface area contributed by atoms with Crippen LogP contribution in [0, 0.1) is 17.7 Å². The van der Waals surface area contributed by atoms with Gasteiger partial charge < -0.3 is 15.3 Å². The van der Waals surface area contributed by atoms with Gasteiger partial charge in [0.1, 0.15) is 11.9 Å². The van der Waals surface area contributed by atoms with Gasteiger partial charge in [-0.15, -0.1) is 11.8 Å². The van der Waals surface area contributed by atoms with Gasteiger partial charge in [0, 0.05) is 5.75 Å². The molecule has 23 heavy (non-hydrogen) atoms. The number of nitrogens with zero attached hydrogens (tertiary/aromatic N) is 1. The summed E-state index contributed by atoms with van der Waals surface area (Å²) in [6, 6.07) is 5.10. The molecule has 1 heterocycles. The first-order valence-corrected chi connectivity index (χ1v) is 8.31. The van der Waals surface area contributed by atoms with Gasteiger partial charge in [0.15, 0.2) is 0 Å². The highest BCUT2D eigenvalue weighted by Gasteiger charge is 2.52. The summed E-state index contributed by atoms with van der Waals surface area (Å²) in [6.45, 7) is 0. The van der Waals surface area contributed by atoms with Crippen LogP contribution in [-0.2, 0) is 14.4 Å². The smallest absolute Gasteiger partial charge is 0.307 e. The average Bonchev–Trinajstić information content (AvgIpc) is 3.18. The van der Waals surface area contributed by atoms with Crippen molar-refractivity contribution in [3.05, 3.63) is 30.1 Å². The van der Waals surface area contributed by atoms with Crippen LogP contribution in [0.5, 0.6) is 0 Å². The third-order valence-corrected chi connectivity index (χ3v) is 5.04. The van der Waals surface area contributed by atoms with E-state index in [0.717, 1.165) is 0 Å². The molecule has 0 bridgehead atoms. The molecule has 1 aliphatic carbocycles. The van der Waals surface area contributed by atoms with Crippen LogP contribution in [0.4, 0.5) is 10.1 Å². The topological polar surface area (TPSA) is 86.7 Å². The Morgan fingerprint density at radius 1 is 1.26 bits per heavy atom. The molecule has 6 nitrogen and oxygen atoms in total. The van der Waals surface area contributed by atoms with Crippen LogP contribution in [-0.4, -0.2) is 45.5 Å². The molecule has 1 aliphatic heterocycles. The summed E-state index contributed by atoms with van der Waals surface area (Å²) >= 11 is 1.42. The number of hydrogen-bond donors (Lipinski definition) is 2. The van der Waals surface area contributed by atoms with Crippen LogP contribution in [0.1, 0.15) is 6.42 Å². The second-order valence-electron chi connectivity index (χ2n) is 5.58. The summed E-state index contributed by atoms with van der Waals surface area (Å²) in [5.74, 6) is -2.73. The molecule has 3 atom stereocenters. The zero-order valence-corrected chi connectivity index (χ0v) is 12.9. The minimum absolute atomic E-state index is 0.0663. The molecular formula is C15H15FN2O4S. The first kappa shape index (κ1) is 15.8. The van der Waals surface area contributed by atoms with E-state index in [4.69, 9.17) is 5.11 Å². The number of rotatable bonds is 4. The molecule has 2 aliphatic rings. The van der Waals surface area contributed by atoms with Gasteiger partial charge in [0.25, 0.3) is 0 Å². The fourth-order valence-corrected chi connectivity index (χ4v) is 3.77. The van der Waals surface area contributed by atoms with E-state index in [1.807, 2.05) is 0 Å². The van der Waals surface area contributed by atoms with Crippen molar-refractivity contribution in [1.82, 2.24) is 4.90 Å². The fourth-order valence-electron chi connectivity index (χ4n) is 2.61. The second-order valence-corrected chi connectivity index (χ2v) is 6.58. The Morgan fingerprint density at radius 3 is 2.65 bits per heavy atom. The number of carboxylic acid groups (broad SMARTS) is 1. The molecule has 0 aromatic heterocycles. The van der Waals surface area contributed by atoms with Crippen LogP contribution in [0.2, 0.25) is 0 Å². The fraction of sp³-hybridized carbons (Fsp3) is 0.400. The first-order valence-electron chi connectivity index (χ1n) is 7.15. The molecule has 1 saturated heterocycles. The molecule has 1 aromatic rings. The average molecular weight is 338 g/mol. The number of nitrogens with one attached hydrogen (secondary N) is 1. The van der Waals surface area contributed by atoms with E-state index >= 15 is 0 Å². The molecule has 1 saturated carbocycles. The van der Waals surface area contributed by atoms with Gasteiger partial charge in [-0.25, -0.2) is 4.39 Å². The monoisotopic (exact) mass is 338 g/mol. The van der Waals surface area contributed by atoms with Gasteiger partial charge in [-0.1, -0.05) is 12.1 Å². The lowest BCUT2D eigenvalue weighted by atomic mass is 10.2. The number of halogens is 1. The number of para-hydroxylation sites is 1. The highest BCUT2D eigenvalue weighted by Crippen LogP contribution is 2.41. The molecule has 2 fully saturated rings. The normalized spacial score (nSPS) is 26.0. The zero-order valence-electron chi connectivity index (χ0n) is 12.1. The Kier molecular flexibility index (Phi) is 4.25. The molecule has 0 spiro atoms. The Bertz CT molecular complexity index is 669. The van der Waals surface area contributed by atoms with Crippen molar-refractivity contribution in [2.24, 2.45) is 11.8 Å². The Morgan fingerprint density at radius 2 is 2.00 bits per heavy atom. The highest BCUT2D eigenvalue weighted by molar-refractivity contribution is 7.99. The minimum Gasteiger partial charge on any atom is -0.481 e. The number of carbonyl (C=O) groups excluding carboxylic acids is 2. The summed E-state index contributed by atoms with van der Waals surface area (Å²) < 4.78 is 13.6. The van der Waals surface area contributed by atoms with Gasteiger partial charge in [-0.2, -0.15) is 0 Å². The number of amides is 2. The summed E-state index contributed by atoms with van der Waals surface area (Å²) in [4.78, 5) is 37.0. The number of thioether (sulfide) groups is 1. The predicted octanol–water partition coefficient (Wildman–Crippen LogP) is 1.39. The van der Waals surface area contributed by atoms with Crippen LogP contribution < -0.4 is 5.32 Å². The van der Waals surface area contributed by atoms with Crippen molar-refractivity contribution in [2.45, 2.75) is 12.5 Å². The van der Waals surface area contributed by atoms with Crippen LogP contribution in [0.25, 0.3) is 0 Å². The van der Waals surface area contributed by atoms with Gasteiger partial charge >= 0.3 is 5.97 Å². The number of carboxylic acids is 1. The maximum Gasteiger partial charge on any atom is 0.307 e. The molecular weight excluding hydrogens is 323 g/mol. The van der Waals surface area contributed by atoms with E-state index in [1.165, 1.54) is 34.9 Å². The van der Waals surface area contributed by atoms with Gasteiger partial charge in [0.2, 0.25) is 11.8 Å². The number of anilines is 1. The van der Waals surface area contributed by atoms with E-state index in [1.54, 1.807) is 6.07 Å². The third kappa shape index (κ3) is 3.17. The van der Waals surface area contributed by atoms with Crippen molar-refractivity contribution in [3.8, 4) is 0 Å². The molecule has 2 amide bonds. The predicted molar refractivity (Wildman–Crippen MR) is 82.2 cm³/mol. The Balaban J connectivity index is 1.67. The van der Waals surface area contributed by atoms with Crippen molar-refractivity contribution < 1.29 is 23.9 Å². The maximum atomic E-state index is 13.6. The summed E-state index contributed by atoms with van der Waals surface area (Å²) in [5.41, 5.74) is 0.0663. The number of benzene rings is 1. The van der Waals surface area contributed by atoms with E-state index in [-0.39, 0.29) is 11.6 Å². The molecule has 3 unspecified atom stereocenters. The number of aliphatic carboxylic acids is 1. The van der Waals surface area contributed by atoms with Crippen molar-refractivity contribution in [1.29, 1.82) is 0 Å².